The fraction of sp³-hybridized carbons (Fsp3) is 0.667. The van der Waals surface area contributed by atoms with Crippen molar-refractivity contribution in [1.29, 1.82) is 0 Å². The second-order valence-corrected chi connectivity index (χ2v) is 4.39. The molecular weight excluding hydrogens is 144 g/mol. The molecule has 2 rings (SSSR count). The molecule has 0 bridgehead atoms. The molecule has 0 unspecified atom stereocenters. The Morgan fingerprint density at radius 1 is 1.33 bits per heavy atom. The Kier molecular flexibility index (Phi) is 2.08. The van der Waals surface area contributed by atoms with Gasteiger partial charge in [-0.25, -0.2) is 0 Å². The van der Waals surface area contributed by atoms with Crippen molar-refractivity contribution in [3.05, 3.63) is 23.3 Å². The van der Waals surface area contributed by atoms with E-state index in [-0.39, 0.29) is 0 Å². The molecule has 0 atom stereocenters. The largest absolute Gasteiger partial charge is 0.0807 e. The molecule has 2 aliphatic carbocycles. The monoisotopic (exact) mass is 162 g/mol. The van der Waals surface area contributed by atoms with Gasteiger partial charge in [0.25, 0.3) is 0 Å². The molecule has 0 spiro atoms. The van der Waals surface area contributed by atoms with E-state index in [0.29, 0.717) is 0 Å². The Morgan fingerprint density at radius 3 is 2.67 bits per heavy atom. The van der Waals surface area contributed by atoms with E-state index in [4.69, 9.17) is 0 Å². The summed E-state index contributed by atoms with van der Waals surface area (Å²) in [6.07, 6.45) is 10.4. The highest BCUT2D eigenvalue weighted by Crippen LogP contribution is 2.41. The molecule has 0 amide bonds. The molecule has 1 saturated carbocycles. The number of hydrogen-bond donors (Lipinski definition) is 0. The Labute approximate surface area is 75.4 Å². The smallest absolute Gasteiger partial charge is 0.0199 e. The zero-order valence-corrected chi connectivity index (χ0v) is 8.14. The highest BCUT2D eigenvalue weighted by atomic mass is 14.3. The van der Waals surface area contributed by atoms with Crippen LogP contribution in [-0.2, 0) is 0 Å². The molecule has 1 fully saturated rings. The average molecular weight is 162 g/mol. The van der Waals surface area contributed by atoms with Gasteiger partial charge in [0.1, 0.15) is 0 Å². The van der Waals surface area contributed by atoms with Gasteiger partial charge in [-0.1, -0.05) is 31.6 Å². The van der Waals surface area contributed by atoms with Crippen molar-refractivity contribution in [2.24, 2.45) is 11.8 Å². The van der Waals surface area contributed by atoms with Crippen molar-refractivity contribution < 1.29 is 0 Å². The number of hydrogen-bond acceptors (Lipinski definition) is 0. The Hall–Kier alpha value is -0.520. The van der Waals surface area contributed by atoms with Crippen LogP contribution in [0.15, 0.2) is 23.3 Å². The lowest BCUT2D eigenvalue weighted by Crippen LogP contribution is -1.99. The van der Waals surface area contributed by atoms with Gasteiger partial charge in [-0.05, 0) is 43.1 Å². The predicted octanol–water partition coefficient (Wildman–Crippen LogP) is 3.70. The van der Waals surface area contributed by atoms with Gasteiger partial charge in [0.2, 0.25) is 0 Å². The summed E-state index contributed by atoms with van der Waals surface area (Å²) in [5.74, 6) is 1.70. The van der Waals surface area contributed by atoms with E-state index in [1.165, 1.54) is 25.7 Å². The lowest BCUT2D eigenvalue weighted by molar-refractivity contribution is 0.748. The third kappa shape index (κ3) is 1.63. The standard InChI is InChI=1S/C12H18/c1-9(2)11-4-3-5-12(8-11)10-6-7-10/h4,8-10H,3,5-7H2,1-2H3. The Balaban J connectivity index is 2.10. The summed E-state index contributed by atoms with van der Waals surface area (Å²) < 4.78 is 0. The third-order valence-corrected chi connectivity index (χ3v) is 2.93. The molecular formula is C12H18. The topological polar surface area (TPSA) is 0 Å². The van der Waals surface area contributed by atoms with E-state index >= 15 is 0 Å². The first-order valence-corrected chi connectivity index (χ1v) is 5.18. The van der Waals surface area contributed by atoms with Crippen LogP contribution in [0.5, 0.6) is 0 Å². The van der Waals surface area contributed by atoms with Crippen LogP contribution in [0.2, 0.25) is 0 Å². The van der Waals surface area contributed by atoms with Crippen molar-refractivity contribution in [2.45, 2.75) is 39.5 Å². The molecule has 0 heterocycles. The summed E-state index contributed by atoms with van der Waals surface area (Å²) in [6.45, 7) is 4.58. The predicted molar refractivity (Wildman–Crippen MR) is 53.0 cm³/mol. The van der Waals surface area contributed by atoms with Crippen LogP contribution in [-0.4, -0.2) is 0 Å². The maximum absolute atomic E-state index is 2.46. The molecule has 0 nitrogen and oxygen atoms in total. The van der Waals surface area contributed by atoms with Gasteiger partial charge in [0, 0.05) is 0 Å². The van der Waals surface area contributed by atoms with Crippen LogP contribution in [0, 0.1) is 11.8 Å². The van der Waals surface area contributed by atoms with Crippen LogP contribution in [0.25, 0.3) is 0 Å². The van der Waals surface area contributed by atoms with Crippen molar-refractivity contribution >= 4 is 0 Å². The average Bonchev–Trinajstić information content (AvgIpc) is 2.87. The fourth-order valence-electron chi connectivity index (χ4n) is 1.93. The minimum atomic E-state index is 0.721. The lowest BCUT2D eigenvalue weighted by atomic mass is 9.91. The minimum Gasteiger partial charge on any atom is -0.0807 e. The molecule has 0 aromatic carbocycles. The van der Waals surface area contributed by atoms with Gasteiger partial charge < -0.3 is 0 Å². The van der Waals surface area contributed by atoms with E-state index in [9.17, 15) is 0 Å². The summed E-state index contributed by atoms with van der Waals surface area (Å²) in [6, 6.07) is 0. The van der Waals surface area contributed by atoms with Gasteiger partial charge in [-0.15, -0.1) is 0 Å². The van der Waals surface area contributed by atoms with Gasteiger partial charge in [-0.2, -0.15) is 0 Å². The van der Waals surface area contributed by atoms with E-state index in [1.807, 2.05) is 0 Å². The van der Waals surface area contributed by atoms with E-state index in [0.717, 1.165) is 11.8 Å². The fourth-order valence-corrected chi connectivity index (χ4v) is 1.93. The van der Waals surface area contributed by atoms with E-state index in [1.54, 1.807) is 11.1 Å². The molecule has 66 valence electrons. The molecule has 0 heteroatoms. The van der Waals surface area contributed by atoms with Crippen LogP contribution >= 0.6 is 0 Å². The second kappa shape index (κ2) is 3.08. The highest BCUT2D eigenvalue weighted by Gasteiger charge is 2.26. The molecule has 0 aliphatic heterocycles. The van der Waals surface area contributed by atoms with Gasteiger partial charge in [0.05, 0.1) is 0 Å². The zero-order valence-electron chi connectivity index (χ0n) is 8.14. The van der Waals surface area contributed by atoms with Gasteiger partial charge in [0.15, 0.2) is 0 Å². The molecule has 2 aliphatic rings. The molecule has 0 saturated heterocycles. The van der Waals surface area contributed by atoms with Crippen LogP contribution in [0.1, 0.15) is 39.5 Å². The number of rotatable bonds is 2. The number of allylic oxidation sites excluding steroid dienone is 4. The highest BCUT2D eigenvalue weighted by molar-refractivity contribution is 5.31. The zero-order chi connectivity index (χ0) is 8.55. The van der Waals surface area contributed by atoms with Gasteiger partial charge >= 0.3 is 0 Å². The van der Waals surface area contributed by atoms with Crippen molar-refractivity contribution in [3.63, 3.8) is 0 Å². The van der Waals surface area contributed by atoms with Crippen molar-refractivity contribution in [1.82, 2.24) is 0 Å². The summed E-state index contributed by atoms with van der Waals surface area (Å²) in [5.41, 5.74) is 3.31. The van der Waals surface area contributed by atoms with Crippen molar-refractivity contribution in [3.8, 4) is 0 Å². The first kappa shape index (κ1) is 8.10. The summed E-state index contributed by atoms with van der Waals surface area (Å²) in [4.78, 5) is 0. The van der Waals surface area contributed by atoms with Crippen LogP contribution < -0.4 is 0 Å². The molecule has 0 aromatic rings. The Morgan fingerprint density at radius 2 is 2.08 bits per heavy atom. The van der Waals surface area contributed by atoms with Crippen molar-refractivity contribution in [2.75, 3.05) is 0 Å². The third-order valence-electron chi connectivity index (χ3n) is 2.93. The summed E-state index contributed by atoms with van der Waals surface area (Å²) in [7, 11) is 0. The molecule has 0 aromatic heterocycles. The summed E-state index contributed by atoms with van der Waals surface area (Å²) in [5, 5.41) is 0. The first-order valence-electron chi connectivity index (χ1n) is 5.18. The van der Waals surface area contributed by atoms with Crippen LogP contribution in [0.4, 0.5) is 0 Å². The summed E-state index contributed by atoms with van der Waals surface area (Å²) >= 11 is 0. The molecule has 0 N–H and O–H groups in total. The minimum absolute atomic E-state index is 0.721. The lowest BCUT2D eigenvalue weighted by Gasteiger charge is -2.15. The molecule has 0 radical (unpaired) electrons. The Bertz CT molecular complexity index is 226. The molecule has 12 heavy (non-hydrogen) atoms. The first-order chi connectivity index (χ1) is 5.77. The van der Waals surface area contributed by atoms with Gasteiger partial charge in [-0.3, -0.25) is 0 Å². The quantitative estimate of drug-likeness (QED) is 0.580. The second-order valence-electron chi connectivity index (χ2n) is 4.39. The maximum atomic E-state index is 2.46. The SMILES string of the molecule is CC(C)C1=CCCC(C2CC2)=C1. The van der Waals surface area contributed by atoms with E-state index < -0.39 is 0 Å². The van der Waals surface area contributed by atoms with E-state index in [2.05, 4.69) is 26.0 Å². The van der Waals surface area contributed by atoms with Crippen LogP contribution in [0.3, 0.4) is 0 Å². The maximum Gasteiger partial charge on any atom is -0.0199 e. The normalized spacial score (nSPS) is 23.9.